The van der Waals surface area contributed by atoms with E-state index in [1.807, 2.05) is 6.92 Å². The molecule has 2 aromatic carbocycles. The minimum atomic E-state index is -0.394. The maximum Gasteiger partial charge on any atom is 0.136 e. The van der Waals surface area contributed by atoms with Crippen LogP contribution in [0.25, 0.3) is 0 Å². The van der Waals surface area contributed by atoms with Crippen molar-refractivity contribution in [3.05, 3.63) is 63.6 Å². The third-order valence-electron chi connectivity index (χ3n) is 2.97. The lowest BCUT2D eigenvalue weighted by atomic mass is 10.1. The van der Waals surface area contributed by atoms with E-state index in [1.54, 1.807) is 18.2 Å². The third kappa shape index (κ3) is 4.51. The van der Waals surface area contributed by atoms with Crippen LogP contribution in [0.2, 0.25) is 0 Å². The zero-order valence-electron chi connectivity index (χ0n) is 11.6. The Morgan fingerprint density at radius 1 is 1.14 bits per heavy atom. The van der Waals surface area contributed by atoms with Crippen LogP contribution in [-0.2, 0) is 13.2 Å². The molecule has 0 saturated carbocycles. The fourth-order valence-electron chi connectivity index (χ4n) is 1.86. The molecule has 0 aliphatic heterocycles. The summed E-state index contributed by atoms with van der Waals surface area (Å²) in [5, 5.41) is 3.18. The van der Waals surface area contributed by atoms with E-state index < -0.39 is 5.82 Å². The molecule has 0 atom stereocenters. The average molecular weight is 356 g/mol. The molecular formula is C16H16BrF2NO. The summed E-state index contributed by atoms with van der Waals surface area (Å²) in [7, 11) is 0. The maximum atomic E-state index is 13.8. The monoisotopic (exact) mass is 355 g/mol. The Morgan fingerprint density at radius 2 is 1.95 bits per heavy atom. The van der Waals surface area contributed by atoms with Gasteiger partial charge in [0.1, 0.15) is 24.0 Å². The molecule has 0 aliphatic carbocycles. The molecule has 0 bridgehead atoms. The van der Waals surface area contributed by atoms with Crippen molar-refractivity contribution < 1.29 is 13.5 Å². The predicted octanol–water partition coefficient (Wildman–Crippen LogP) is 4.42. The molecule has 0 radical (unpaired) electrons. The van der Waals surface area contributed by atoms with Gasteiger partial charge in [-0.15, -0.1) is 0 Å². The molecule has 0 saturated heterocycles. The highest BCUT2D eigenvalue weighted by atomic mass is 79.9. The molecule has 0 unspecified atom stereocenters. The Hall–Kier alpha value is -1.46. The van der Waals surface area contributed by atoms with E-state index in [-0.39, 0.29) is 12.4 Å². The van der Waals surface area contributed by atoms with Gasteiger partial charge in [-0.25, -0.2) is 8.78 Å². The van der Waals surface area contributed by atoms with E-state index >= 15 is 0 Å². The van der Waals surface area contributed by atoms with Gasteiger partial charge in [-0.05, 0) is 52.3 Å². The van der Waals surface area contributed by atoms with Crippen molar-refractivity contribution in [2.75, 3.05) is 6.54 Å². The highest BCUT2D eigenvalue weighted by Gasteiger charge is 2.07. The Morgan fingerprint density at radius 3 is 2.71 bits per heavy atom. The molecule has 0 fully saturated rings. The topological polar surface area (TPSA) is 21.3 Å². The van der Waals surface area contributed by atoms with Gasteiger partial charge in [0, 0.05) is 18.2 Å². The molecule has 0 amide bonds. The van der Waals surface area contributed by atoms with Gasteiger partial charge in [0.05, 0.1) is 4.47 Å². The molecule has 0 aliphatic rings. The minimum Gasteiger partial charge on any atom is -0.488 e. The van der Waals surface area contributed by atoms with Gasteiger partial charge in [0.25, 0.3) is 0 Å². The fourth-order valence-corrected chi connectivity index (χ4v) is 2.22. The molecule has 2 nitrogen and oxygen atoms in total. The Labute approximate surface area is 131 Å². The summed E-state index contributed by atoms with van der Waals surface area (Å²) < 4.78 is 33.1. The summed E-state index contributed by atoms with van der Waals surface area (Å²) in [6, 6.07) is 9.07. The van der Waals surface area contributed by atoms with Crippen molar-refractivity contribution in [3.8, 4) is 5.75 Å². The number of rotatable bonds is 6. The van der Waals surface area contributed by atoms with Crippen molar-refractivity contribution in [3.63, 3.8) is 0 Å². The van der Waals surface area contributed by atoms with Crippen LogP contribution in [0.5, 0.6) is 5.75 Å². The quantitative estimate of drug-likeness (QED) is 0.828. The number of ether oxygens (including phenoxy) is 1. The second kappa shape index (κ2) is 7.52. The van der Waals surface area contributed by atoms with Crippen LogP contribution in [-0.4, -0.2) is 6.54 Å². The molecule has 0 aromatic heterocycles. The Kier molecular flexibility index (Phi) is 5.70. The van der Waals surface area contributed by atoms with Gasteiger partial charge in [0.2, 0.25) is 0 Å². The predicted molar refractivity (Wildman–Crippen MR) is 82.2 cm³/mol. The zero-order chi connectivity index (χ0) is 15.2. The Bertz CT molecular complexity index is 619. The second-order valence-electron chi connectivity index (χ2n) is 4.57. The van der Waals surface area contributed by atoms with Gasteiger partial charge in [-0.1, -0.05) is 13.0 Å². The number of nitrogens with one attached hydrogen (secondary N) is 1. The van der Waals surface area contributed by atoms with E-state index in [0.717, 1.165) is 12.1 Å². The van der Waals surface area contributed by atoms with Crippen LogP contribution in [0.15, 0.2) is 40.9 Å². The fraction of sp³-hybridized carbons (Fsp3) is 0.250. The van der Waals surface area contributed by atoms with Crippen molar-refractivity contribution in [2.24, 2.45) is 0 Å². The van der Waals surface area contributed by atoms with Gasteiger partial charge in [-0.2, -0.15) is 0 Å². The first-order chi connectivity index (χ1) is 10.1. The summed E-state index contributed by atoms with van der Waals surface area (Å²) >= 11 is 3.28. The van der Waals surface area contributed by atoms with Crippen molar-refractivity contribution in [1.82, 2.24) is 5.32 Å². The van der Waals surface area contributed by atoms with Crippen LogP contribution in [0.3, 0.4) is 0 Å². The van der Waals surface area contributed by atoms with E-state index in [1.165, 1.54) is 18.2 Å². The first kappa shape index (κ1) is 15.9. The first-order valence-corrected chi connectivity index (χ1v) is 7.45. The van der Waals surface area contributed by atoms with Gasteiger partial charge < -0.3 is 10.1 Å². The zero-order valence-corrected chi connectivity index (χ0v) is 13.2. The first-order valence-electron chi connectivity index (χ1n) is 6.66. The summed E-state index contributed by atoms with van der Waals surface area (Å²) in [5.41, 5.74) is 1.43. The normalized spacial score (nSPS) is 10.7. The molecular weight excluding hydrogens is 340 g/mol. The largest absolute Gasteiger partial charge is 0.488 e. The SMILES string of the molecule is CCNCc1ccc(F)c(COc2cc(F)ccc2Br)c1. The lowest BCUT2D eigenvalue weighted by molar-refractivity contribution is 0.296. The molecule has 2 rings (SSSR count). The Balaban J connectivity index is 2.10. The molecule has 5 heteroatoms. The molecule has 0 heterocycles. The van der Waals surface area contributed by atoms with Gasteiger partial charge in [0.15, 0.2) is 0 Å². The summed E-state index contributed by atoms with van der Waals surface area (Å²) in [6.07, 6.45) is 0. The molecule has 112 valence electrons. The van der Waals surface area contributed by atoms with Crippen LogP contribution in [0.1, 0.15) is 18.1 Å². The van der Waals surface area contributed by atoms with Crippen LogP contribution < -0.4 is 10.1 Å². The standard InChI is InChI=1S/C16H16BrF2NO/c1-2-20-9-11-3-6-15(19)12(7-11)10-21-16-8-13(18)4-5-14(16)17/h3-8,20H,2,9-10H2,1H3. The number of hydrogen-bond acceptors (Lipinski definition) is 2. The summed E-state index contributed by atoms with van der Waals surface area (Å²) in [6.45, 7) is 3.58. The highest BCUT2D eigenvalue weighted by molar-refractivity contribution is 9.10. The summed E-state index contributed by atoms with van der Waals surface area (Å²) in [5.74, 6) is -0.371. The van der Waals surface area contributed by atoms with Gasteiger partial charge in [-0.3, -0.25) is 0 Å². The lowest BCUT2D eigenvalue weighted by Crippen LogP contribution is -2.12. The van der Waals surface area contributed by atoms with Crippen LogP contribution in [0.4, 0.5) is 8.78 Å². The minimum absolute atomic E-state index is 0.0495. The van der Waals surface area contributed by atoms with E-state index in [2.05, 4.69) is 21.2 Å². The van der Waals surface area contributed by atoms with Crippen molar-refractivity contribution in [1.29, 1.82) is 0 Å². The van der Waals surface area contributed by atoms with E-state index in [9.17, 15) is 8.78 Å². The van der Waals surface area contributed by atoms with Crippen molar-refractivity contribution in [2.45, 2.75) is 20.1 Å². The maximum absolute atomic E-state index is 13.8. The van der Waals surface area contributed by atoms with E-state index in [4.69, 9.17) is 4.74 Å². The van der Waals surface area contributed by atoms with Crippen LogP contribution in [0, 0.1) is 11.6 Å². The molecule has 0 spiro atoms. The third-order valence-corrected chi connectivity index (χ3v) is 3.62. The smallest absolute Gasteiger partial charge is 0.136 e. The van der Waals surface area contributed by atoms with Crippen LogP contribution >= 0.6 is 15.9 Å². The number of benzene rings is 2. The van der Waals surface area contributed by atoms with Gasteiger partial charge >= 0.3 is 0 Å². The summed E-state index contributed by atoms with van der Waals surface area (Å²) in [4.78, 5) is 0. The van der Waals surface area contributed by atoms with E-state index in [0.29, 0.717) is 22.3 Å². The number of halogens is 3. The number of hydrogen-bond donors (Lipinski definition) is 1. The second-order valence-corrected chi connectivity index (χ2v) is 5.42. The van der Waals surface area contributed by atoms with Crippen molar-refractivity contribution >= 4 is 15.9 Å². The lowest BCUT2D eigenvalue weighted by Gasteiger charge is -2.11. The molecule has 2 aromatic rings. The molecule has 21 heavy (non-hydrogen) atoms. The highest BCUT2D eigenvalue weighted by Crippen LogP contribution is 2.26. The average Bonchev–Trinajstić information content (AvgIpc) is 2.48. The molecule has 1 N–H and O–H groups in total.